The van der Waals surface area contributed by atoms with E-state index in [0.717, 1.165) is 17.1 Å². The molecule has 1 aromatic carbocycles. The van der Waals surface area contributed by atoms with E-state index in [4.69, 9.17) is 4.74 Å². The predicted octanol–water partition coefficient (Wildman–Crippen LogP) is 1.23. The van der Waals surface area contributed by atoms with Gasteiger partial charge in [-0.1, -0.05) is 13.3 Å². The van der Waals surface area contributed by atoms with Crippen molar-refractivity contribution < 1.29 is 17.9 Å². The second-order valence-electron chi connectivity index (χ2n) is 4.75. The van der Waals surface area contributed by atoms with Crippen molar-refractivity contribution in [3.05, 3.63) is 24.3 Å². The number of carbonyl (C=O) groups excluding carboxylic acids is 1. The molecule has 0 atom stereocenters. The summed E-state index contributed by atoms with van der Waals surface area (Å²) in [6.07, 6.45) is 1.95. The lowest BCUT2D eigenvalue weighted by Gasteiger charge is -2.12. The molecule has 0 spiro atoms. The van der Waals surface area contributed by atoms with Crippen LogP contribution in [0.15, 0.2) is 29.2 Å². The molecule has 0 aliphatic carbocycles. The largest absolute Gasteiger partial charge is 0.484 e. The third kappa shape index (κ3) is 5.35. The zero-order valence-electron chi connectivity index (χ0n) is 12.6. The number of unbranched alkanes of at least 4 members (excludes halogenated alkanes) is 1. The fourth-order valence-corrected chi connectivity index (χ4v) is 2.42. The summed E-state index contributed by atoms with van der Waals surface area (Å²) < 4.78 is 30.2. The Morgan fingerprint density at radius 1 is 1.24 bits per heavy atom. The Morgan fingerprint density at radius 3 is 2.38 bits per heavy atom. The molecule has 0 heterocycles. The van der Waals surface area contributed by atoms with E-state index in [1.54, 1.807) is 0 Å². The number of sulfonamides is 1. The Balaban J connectivity index is 2.54. The first-order valence-corrected chi connectivity index (χ1v) is 8.24. The smallest absolute Gasteiger partial charge is 0.257 e. The van der Waals surface area contributed by atoms with Crippen LogP contribution in [0.4, 0.5) is 0 Å². The molecule has 7 heteroatoms. The first kappa shape index (κ1) is 17.5. The van der Waals surface area contributed by atoms with Crippen molar-refractivity contribution >= 4 is 15.9 Å². The molecule has 0 aliphatic rings. The number of nitrogens with zero attached hydrogens (tertiary/aromatic N) is 1. The molecular weight excluding hydrogens is 292 g/mol. The van der Waals surface area contributed by atoms with Crippen molar-refractivity contribution in [2.24, 2.45) is 0 Å². The molecular formula is C14H22N2O4S. The van der Waals surface area contributed by atoms with Gasteiger partial charge in [0.1, 0.15) is 5.75 Å². The number of carbonyl (C=O) groups is 1. The molecule has 0 unspecified atom stereocenters. The van der Waals surface area contributed by atoms with E-state index in [2.05, 4.69) is 5.32 Å². The maximum atomic E-state index is 11.9. The first-order chi connectivity index (χ1) is 9.87. The molecule has 21 heavy (non-hydrogen) atoms. The summed E-state index contributed by atoms with van der Waals surface area (Å²) in [6, 6.07) is 5.99. The van der Waals surface area contributed by atoms with Crippen LogP contribution < -0.4 is 10.1 Å². The van der Waals surface area contributed by atoms with Gasteiger partial charge >= 0.3 is 0 Å². The normalized spacial score (nSPS) is 11.4. The van der Waals surface area contributed by atoms with E-state index >= 15 is 0 Å². The zero-order valence-corrected chi connectivity index (χ0v) is 13.4. The Hall–Kier alpha value is -1.60. The molecule has 6 nitrogen and oxygen atoms in total. The summed E-state index contributed by atoms with van der Waals surface area (Å²) in [6.45, 7) is 2.61. The number of hydrogen-bond acceptors (Lipinski definition) is 4. The number of ether oxygens (including phenoxy) is 1. The van der Waals surface area contributed by atoms with Gasteiger partial charge in [-0.25, -0.2) is 12.7 Å². The number of nitrogens with one attached hydrogen (secondary N) is 1. The highest BCUT2D eigenvalue weighted by molar-refractivity contribution is 7.89. The minimum absolute atomic E-state index is 0.0799. The van der Waals surface area contributed by atoms with Crippen LogP contribution in [0.25, 0.3) is 0 Å². The molecule has 0 aliphatic heterocycles. The summed E-state index contributed by atoms with van der Waals surface area (Å²) in [5.74, 6) is 0.270. The molecule has 0 aromatic heterocycles. The summed E-state index contributed by atoms with van der Waals surface area (Å²) in [5.41, 5.74) is 0. The Morgan fingerprint density at radius 2 is 1.86 bits per heavy atom. The predicted molar refractivity (Wildman–Crippen MR) is 80.7 cm³/mol. The molecule has 0 fully saturated rings. The average molecular weight is 314 g/mol. The minimum Gasteiger partial charge on any atom is -0.484 e. The number of rotatable bonds is 8. The second-order valence-corrected chi connectivity index (χ2v) is 6.90. The van der Waals surface area contributed by atoms with Gasteiger partial charge in [0.05, 0.1) is 4.90 Å². The van der Waals surface area contributed by atoms with Crippen molar-refractivity contribution in [3.8, 4) is 5.75 Å². The summed E-state index contributed by atoms with van der Waals surface area (Å²) in [7, 11) is -0.496. The molecule has 0 saturated heterocycles. The summed E-state index contributed by atoms with van der Waals surface area (Å²) >= 11 is 0. The first-order valence-electron chi connectivity index (χ1n) is 6.80. The van der Waals surface area contributed by atoms with Gasteiger partial charge in [-0.3, -0.25) is 4.79 Å². The maximum Gasteiger partial charge on any atom is 0.257 e. The van der Waals surface area contributed by atoms with Crippen molar-refractivity contribution in [2.45, 2.75) is 24.7 Å². The Kier molecular flexibility index (Phi) is 6.64. The monoisotopic (exact) mass is 314 g/mol. The van der Waals surface area contributed by atoms with Gasteiger partial charge < -0.3 is 10.1 Å². The van der Waals surface area contributed by atoms with Crippen LogP contribution in [0.3, 0.4) is 0 Å². The molecule has 1 aromatic rings. The maximum absolute atomic E-state index is 11.9. The quantitative estimate of drug-likeness (QED) is 0.732. The lowest BCUT2D eigenvalue weighted by Crippen LogP contribution is -2.29. The standard InChI is InChI=1S/C14H22N2O4S/c1-4-5-10-15-14(17)11-20-12-6-8-13(9-7-12)21(18,19)16(2)3/h6-9H,4-5,10-11H2,1-3H3,(H,15,17). The van der Waals surface area contributed by atoms with E-state index in [-0.39, 0.29) is 17.4 Å². The highest BCUT2D eigenvalue weighted by Gasteiger charge is 2.16. The van der Waals surface area contributed by atoms with E-state index in [0.29, 0.717) is 12.3 Å². The van der Waals surface area contributed by atoms with Gasteiger partial charge in [0.25, 0.3) is 5.91 Å². The molecule has 1 rings (SSSR count). The van der Waals surface area contributed by atoms with E-state index in [1.807, 2.05) is 6.92 Å². The molecule has 0 saturated carbocycles. The Labute approximate surface area is 126 Å². The van der Waals surface area contributed by atoms with Crippen molar-refractivity contribution in [3.63, 3.8) is 0 Å². The van der Waals surface area contributed by atoms with Crippen LogP contribution in [-0.2, 0) is 14.8 Å². The highest BCUT2D eigenvalue weighted by Crippen LogP contribution is 2.17. The Bertz CT molecular complexity index is 553. The average Bonchev–Trinajstić information content (AvgIpc) is 2.45. The van der Waals surface area contributed by atoms with Gasteiger partial charge in [-0.15, -0.1) is 0 Å². The van der Waals surface area contributed by atoms with Crippen LogP contribution in [0.5, 0.6) is 5.75 Å². The van der Waals surface area contributed by atoms with Crippen LogP contribution in [-0.4, -0.2) is 45.9 Å². The fourth-order valence-electron chi connectivity index (χ4n) is 1.52. The molecule has 0 bridgehead atoms. The van der Waals surface area contributed by atoms with Crippen LogP contribution in [0.2, 0.25) is 0 Å². The molecule has 0 radical (unpaired) electrons. The second kappa shape index (κ2) is 7.99. The zero-order chi connectivity index (χ0) is 15.9. The van der Waals surface area contributed by atoms with Crippen molar-refractivity contribution in [1.82, 2.24) is 9.62 Å². The van der Waals surface area contributed by atoms with Gasteiger partial charge in [-0.05, 0) is 30.7 Å². The summed E-state index contributed by atoms with van der Waals surface area (Å²) in [5, 5.41) is 2.74. The van der Waals surface area contributed by atoms with E-state index in [9.17, 15) is 13.2 Å². The van der Waals surface area contributed by atoms with Gasteiger partial charge in [-0.2, -0.15) is 0 Å². The van der Waals surface area contributed by atoms with Crippen molar-refractivity contribution in [2.75, 3.05) is 27.2 Å². The van der Waals surface area contributed by atoms with E-state index in [1.165, 1.54) is 38.4 Å². The van der Waals surface area contributed by atoms with Gasteiger partial charge in [0.2, 0.25) is 10.0 Å². The van der Waals surface area contributed by atoms with Crippen molar-refractivity contribution in [1.29, 1.82) is 0 Å². The number of benzene rings is 1. The summed E-state index contributed by atoms with van der Waals surface area (Å²) in [4.78, 5) is 11.7. The molecule has 1 amide bonds. The van der Waals surface area contributed by atoms with Crippen LogP contribution in [0, 0.1) is 0 Å². The van der Waals surface area contributed by atoms with Gasteiger partial charge in [0.15, 0.2) is 6.61 Å². The fraction of sp³-hybridized carbons (Fsp3) is 0.500. The highest BCUT2D eigenvalue weighted by atomic mass is 32.2. The number of amides is 1. The third-order valence-corrected chi connectivity index (χ3v) is 4.65. The minimum atomic E-state index is -3.44. The topological polar surface area (TPSA) is 75.7 Å². The third-order valence-electron chi connectivity index (χ3n) is 2.82. The lowest BCUT2D eigenvalue weighted by molar-refractivity contribution is -0.123. The SMILES string of the molecule is CCCCNC(=O)COc1ccc(S(=O)(=O)N(C)C)cc1. The lowest BCUT2D eigenvalue weighted by atomic mass is 10.3. The number of hydrogen-bond donors (Lipinski definition) is 1. The van der Waals surface area contributed by atoms with Crippen LogP contribution >= 0.6 is 0 Å². The van der Waals surface area contributed by atoms with Crippen LogP contribution in [0.1, 0.15) is 19.8 Å². The molecule has 118 valence electrons. The van der Waals surface area contributed by atoms with E-state index < -0.39 is 10.0 Å². The molecule has 1 N–H and O–H groups in total. The van der Waals surface area contributed by atoms with Gasteiger partial charge in [0, 0.05) is 20.6 Å².